The van der Waals surface area contributed by atoms with Crippen molar-refractivity contribution in [2.24, 2.45) is 0 Å². The van der Waals surface area contributed by atoms with E-state index in [1.165, 1.54) is 6.92 Å². The van der Waals surface area contributed by atoms with Gasteiger partial charge < -0.3 is 15.0 Å². The number of fused-ring (bicyclic) bond motifs is 1. The summed E-state index contributed by atoms with van der Waals surface area (Å²) in [5, 5.41) is 3.45. The quantitative estimate of drug-likeness (QED) is 0.586. The molecule has 3 aromatic rings. The normalized spacial score (nSPS) is 12.6. The van der Waals surface area contributed by atoms with Gasteiger partial charge in [0.2, 0.25) is 0 Å². The van der Waals surface area contributed by atoms with Gasteiger partial charge in [-0.3, -0.25) is 9.59 Å². The maximum Gasteiger partial charge on any atom is 0.416 e. The number of carbonyl (C=O) groups excluding carboxylic acids is 2. The van der Waals surface area contributed by atoms with Crippen molar-refractivity contribution in [2.45, 2.75) is 32.0 Å². The zero-order chi connectivity index (χ0) is 21.0. The lowest BCUT2D eigenvalue weighted by atomic mass is 10.1. The van der Waals surface area contributed by atoms with Gasteiger partial charge in [0.05, 0.1) is 5.56 Å². The monoisotopic (exact) mass is 404 g/mol. The third kappa shape index (κ3) is 5.16. The molecule has 0 radical (unpaired) electrons. The minimum absolute atomic E-state index is 0.0970. The molecule has 152 valence electrons. The number of halogens is 3. The van der Waals surface area contributed by atoms with Gasteiger partial charge in [-0.05, 0) is 49.2 Å². The number of H-pyrrole nitrogens is 1. The summed E-state index contributed by atoms with van der Waals surface area (Å²) in [6.07, 6.45) is -3.14. The average Bonchev–Trinajstić information content (AvgIpc) is 3.09. The van der Waals surface area contributed by atoms with E-state index < -0.39 is 29.7 Å². The summed E-state index contributed by atoms with van der Waals surface area (Å²) in [6.45, 7) is 1.41. The summed E-state index contributed by atoms with van der Waals surface area (Å²) in [5.74, 6) is -1.16. The Bertz CT molecular complexity index is 1010. The van der Waals surface area contributed by atoms with Gasteiger partial charge in [0.25, 0.3) is 5.91 Å². The number of benzene rings is 2. The average molecular weight is 404 g/mol. The molecule has 2 aromatic carbocycles. The van der Waals surface area contributed by atoms with Crippen molar-refractivity contribution in [1.82, 2.24) is 4.98 Å². The zero-order valence-corrected chi connectivity index (χ0v) is 15.5. The Labute approximate surface area is 164 Å². The molecule has 0 fully saturated rings. The van der Waals surface area contributed by atoms with Crippen molar-refractivity contribution in [2.75, 3.05) is 5.32 Å². The molecule has 0 unspecified atom stereocenters. The van der Waals surface area contributed by atoms with Crippen LogP contribution >= 0.6 is 0 Å². The highest BCUT2D eigenvalue weighted by molar-refractivity contribution is 5.95. The van der Waals surface area contributed by atoms with Crippen LogP contribution in [-0.2, 0) is 26.9 Å². The Hall–Kier alpha value is -3.29. The van der Waals surface area contributed by atoms with Crippen LogP contribution in [0.25, 0.3) is 10.9 Å². The molecular formula is C21H19F3N2O3. The largest absolute Gasteiger partial charge is 0.453 e. The van der Waals surface area contributed by atoms with Crippen LogP contribution in [0.1, 0.15) is 24.5 Å². The van der Waals surface area contributed by atoms with E-state index in [1.54, 1.807) is 0 Å². The topological polar surface area (TPSA) is 71.2 Å². The number of aromatic nitrogens is 1. The van der Waals surface area contributed by atoms with Crippen molar-refractivity contribution < 1.29 is 27.5 Å². The predicted octanol–water partition coefficient (Wildman–Crippen LogP) is 4.69. The number of hydrogen-bond acceptors (Lipinski definition) is 3. The lowest BCUT2D eigenvalue weighted by Crippen LogP contribution is -2.30. The number of hydrogen-bond donors (Lipinski definition) is 2. The van der Waals surface area contributed by atoms with Gasteiger partial charge in [-0.1, -0.05) is 18.2 Å². The number of alkyl halides is 3. The van der Waals surface area contributed by atoms with Gasteiger partial charge in [0.15, 0.2) is 6.10 Å². The molecule has 0 saturated heterocycles. The summed E-state index contributed by atoms with van der Waals surface area (Å²) in [5.41, 5.74) is 1.32. The number of aromatic amines is 1. The van der Waals surface area contributed by atoms with Gasteiger partial charge in [-0.2, -0.15) is 13.2 Å². The van der Waals surface area contributed by atoms with Crippen LogP contribution in [0.2, 0.25) is 0 Å². The number of nitrogens with one attached hydrogen (secondary N) is 2. The fourth-order valence-electron chi connectivity index (χ4n) is 2.87. The molecule has 1 aromatic heterocycles. The van der Waals surface area contributed by atoms with E-state index in [4.69, 9.17) is 4.74 Å². The van der Waals surface area contributed by atoms with Crippen molar-refractivity contribution >= 4 is 28.5 Å². The van der Waals surface area contributed by atoms with Crippen LogP contribution in [-0.4, -0.2) is 23.0 Å². The third-order valence-electron chi connectivity index (χ3n) is 4.43. The molecule has 0 aliphatic heterocycles. The van der Waals surface area contributed by atoms with E-state index in [2.05, 4.69) is 10.3 Å². The predicted molar refractivity (Wildman–Crippen MR) is 102 cm³/mol. The fourth-order valence-corrected chi connectivity index (χ4v) is 2.87. The SMILES string of the molecule is C[C@H](OC(=O)CCc1c[nH]c2ccccc12)C(=O)Nc1ccc(C(F)(F)F)cc1. The molecule has 1 atom stereocenters. The first-order chi connectivity index (χ1) is 13.7. The second-order valence-corrected chi connectivity index (χ2v) is 6.56. The number of rotatable bonds is 6. The summed E-state index contributed by atoms with van der Waals surface area (Å²) in [7, 11) is 0. The van der Waals surface area contributed by atoms with Gasteiger partial charge in [0.1, 0.15) is 0 Å². The van der Waals surface area contributed by atoms with Gasteiger partial charge in [0, 0.05) is 29.2 Å². The maximum atomic E-state index is 12.6. The molecule has 0 bridgehead atoms. The molecule has 0 aliphatic rings. The third-order valence-corrected chi connectivity index (χ3v) is 4.43. The molecule has 8 heteroatoms. The molecule has 1 amide bonds. The first kappa shape index (κ1) is 20.4. The Morgan fingerprint density at radius 2 is 1.79 bits per heavy atom. The van der Waals surface area contributed by atoms with Crippen LogP contribution in [0.4, 0.5) is 18.9 Å². The standard InChI is InChI=1S/C21H19F3N2O3/c1-13(20(28)26-16-9-7-15(8-10-16)21(22,23)24)29-19(27)11-6-14-12-25-18-5-3-2-4-17(14)18/h2-5,7-10,12-13,25H,6,11H2,1H3,(H,26,28)/t13-/m0/s1. The number of esters is 1. The Balaban J connectivity index is 1.50. The Kier molecular flexibility index (Phi) is 5.91. The molecule has 5 nitrogen and oxygen atoms in total. The molecular weight excluding hydrogens is 385 g/mol. The molecule has 0 saturated carbocycles. The van der Waals surface area contributed by atoms with E-state index in [-0.39, 0.29) is 12.1 Å². The molecule has 1 heterocycles. The lowest BCUT2D eigenvalue weighted by molar-refractivity contribution is -0.153. The number of ether oxygens (including phenoxy) is 1. The number of carbonyl (C=O) groups is 2. The van der Waals surface area contributed by atoms with Crippen LogP contribution in [0.15, 0.2) is 54.7 Å². The van der Waals surface area contributed by atoms with E-state index >= 15 is 0 Å². The van der Waals surface area contributed by atoms with Crippen molar-refractivity contribution in [3.8, 4) is 0 Å². The second kappa shape index (κ2) is 8.38. The molecule has 0 aliphatic carbocycles. The van der Waals surface area contributed by atoms with Crippen molar-refractivity contribution in [1.29, 1.82) is 0 Å². The molecule has 29 heavy (non-hydrogen) atoms. The van der Waals surface area contributed by atoms with E-state index in [1.807, 2.05) is 30.5 Å². The van der Waals surface area contributed by atoms with Gasteiger partial charge in [-0.15, -0.1) is 0 Å². The highest BCUT2D eigenvalue weighted by Gasteiger charge is 2.30. The summed E-state index contributed by atoms with van der Waals surface area (Å²) in [4.78, 5) is 27.3. The van der Waals surface area contributed by atoms with Crippen LogP contribution in [0.3, 0.4) is 0 Å². The molecule has 2 N–H and O–H groups in total. The number of amides is 1. The van der Waals surface area contributed by atoms with Gasteiger partial charge in [-0.25, -0.2) is 0 Å². The van der Waals surface area contributed by atoms with E-state index in [9.17, 15) is 22.8 Å². The number of aryl methyl sites for hydroxylation is 1. The molecule has 3 rings (SSSR count). The molecule has 0 spiro atoms. The number of para-hydroxylation sites is 1. The van der Waals surface area contributed by atoms with E-state index in [0.717, 1.165) is 40.7 Å². The summed E-state index contributed by atoms with van der Waals surface area (Å²) >= 11 is 0. The zero-order valence-electron chi connectivity index (χ0n) is 15.5. The minimum Gasteiger partial charge on any atom is -0.453 e. The fraction of sp³-hybridized carbons (Fsp3) is 0.238. The lowest BCUT2D eigenvalue weighted by Gasteiger charge is -2.14. The Morgan fingerprint density at radius 1 is 1.10 bits per heavy atom. The van der Waals surface area contributed by atoms with Crippen molar-refractivity contribution in [3.63, 3.8) is 0 Å². The van der Waals surface area contributed by atoms with Crippen LogP contribution < -0.4 is 5.32 Å². The van der Waals surface area contributed by atoms with E-state index in [0.29, 0.717) is 6.42 Å². The maximum absolute atomic E-state index is 12.6. The summed E-state index contributed by atoms with van der Waals surface area (Å²) < 4.78 is 42.8. The smallest absolute Gasteiger partial charge is 0.416 e. The Morgan fingerprint density at radius 3 is 2.48 bits per heavy atom. The second-order valence-electron chi connectivity index (χ2n) is 6.56. The highest BCUT2D eigenvalue weighted by Crippen LogP contribution is 2.29. The van der Waals surface area contributed by atoms with Crippen LogP contribution in [0.5, 0.6) is 0 Å². The highest BCUT2D eigenvalue weighted by atomic mass is 19.4. The van der Waals surface area contributed by atoms with Crippen molar-refractivity contribution in [3.05, 3.63) is 65.9 Å². The first-order valence-corrected chi connectivity index (χ1v) is 8.96. The summed E-state index contributed by atoms with van der Waals surface area (Å²) in [6, 6.07) is 11.7. The van der Waals surface area contributed by atoms with Gasteiger partial charge >= 0.3 is 12.1 Å². The minimum atomic E-state index is -4.45. The first-order valence-electron chi connectivity index (χ1n) is 8.96. The van der Waals surface area contributed by atoms with Crippen LogP contribution in [0, 0.1) is 0 Å². The number of anilines is 1.